The Balaban J connectivity index is 1.97. The van der Waals surface area contributed by atoms with Gasteiger partial charge in [0, 0.05) is 15.6 Å². The largest absolute Gasteiger partial charge is 0.459 e. The van der Waals surface area contributed by atoms with Gasteiger partial charge in [-0.05, 0) is 26.0 Å². The van der Waals surface area contributed by atoms with Crippen molar-refractivity contribution in [2.75, 3.05) is 5.73 Å². The highest BCUT2D eigenvalue weighted by molar-refractivity contribution is 6.35. The average Bonchev–Trinajstić information content (AvgIpc) is 2.65. The van der Waals surface area contributed by atoms with Crippen LogP contribution >= 0.6 is 23.2 Å². The second-order valence-corrected chi connectivity index (χ2v) is 5.48. The molecule has 0 atom stereocenters. The minimum Gasteiger partial charge on any atom is -0.459 e. The van der Waals surface area contributed by atoms with Crippen molar-refractivity contribution < 1.29 is 9.53 Å². The normalized spacial score (nSPS) is 10.7. The molecule has 0 fully saturated rings. The first kappa shape index (κ1) is 15.7. The zero-order valence-electron chi connectivity index (χ0n) is 11.7. The van der Waals surface area contributed by atoms with Crippen LogP contribution in [0.15, 0.2) is 18.2 Å². The van der Waals surface area contributed by atoms with Gasteiger partial charge in [-0.1, -0.05) is 29.3 Å². The van der Waals surface area contributed by atoms with E-state index in [0.717, 1.165) is 5.69 Å². The maximum Gasteiger partial charge on any atom is 0.328 e. The van der Waals surface area contributed by atoms with E-state index in [1.54, 1.807) is 32.0 Å². The Labute approximate surface area is 132 Å². The number of halogens is 2. The van der Waals surface area contributed by atoms with Crippen molar-refractivity contribution in [3.8, 4) is 0 Å². The number of nitrogens with two attached hydrogens (primary N) is 1. The standard InChI is InChI=1S/C14H15Cl2N3O2/c1-8-14(17)9(2)19(18-8)6-13(20)21-7-10-3-4-11(15)5-12(10)16/h3-5H,6-7,17H2,1-2H3. The Kier molecular flexibility index (Phi) is 4.75. The number of carbonyl (C=O) groups excluding carboxylic acids is 1. The molecule has 2 N–H and O–H groups in total. The molecule has 1 aromatic carbocycles. The molecule has 112 valence electrons. The number of benzene rings is 1. The molecule has 7 heteroatoms. The summed E-state index contributed by atoms with van der Waals surface area (Å²) in [5.74, 6) is -0.411. The highest BCUT2D eigenvalue weighted by Gasteiger charge is 2.13. The van der Waals surface area contributed by atoms with Gasteiger partial charge in [-0.3, -0.25) is 9.48 Å². The fraction of sp³-hybridized carbons (Fsp3) is 0.286. The summed E-state index contributed by atoms with van der Waals surface area (Å²) in [6, 6.07) is 5.02. The number of aryl methyl sites for hydroxylation is 1. The predicted octanol–water partition coefficient (Wildman–Crippen LogP) is 3.13. The number of nitrogens with zero attached hydrogens (tertiary/aromatic N) is 2. The molecule has 0 saturated carbocycles. The zero-order chi connectivity index (χ0) is 15.6. The van der Waals surface area contributed by atoms with Crippen LogP contribution in [0.1, 0.15) is 17.0 Å². The van der Waals surface area contributed by atoms with Crippen molar-refractivity contribution in [3.05, 3.63) is 45.2 Å². The predicted molar refractivity (Wildman–Crippen MR) is 82.4 cm³/mol. The SMILES string of the molecule is Cc1nn(CC(=O)OCc2ccc(Cl)cc2Cl)c(C)c1N. The van der Waals surface area contributed by atoms with Gasteiger partial charge in [0.05, 0.1) is 17.1 Å². The van der Waals surface area contributed by atoms with Gasteiger partial charge in [0.15, 0.2) is 0 Å². The molecule has 1 heterocycles. The molecular formula is C14H15Cl2N3O2. The first-order valence-electron chi connectivity index (χ1n) is 6.27. The third kappa shape index (κ3) is 3.68. The van der Waals surface area contributed by atoms with E-state index in [-0.39, 0.29) is 13.2 Å². The van der Waals surface area contributed by atoms with Crippen LogP contribution in [0.25, 0.3) is 0 Å². The summed E-state index contributed by atoms with van der Waals surface area (Å²) in [5, 5.41) is 5.18. The van der Waals surface area contributed by atoms with Gasteiger partial charge in [0.1, 0.15) is 13.2 Å². The monoisotopic (exact) mass is 327 g/mol. The number of aromatic nitrogens is 2. The van der Waals surface area contributed by atoms with Crippen LogP contribution in [0.3, 0.4) is 0 Å². The molecule has 0 unspecified atom stereocenters. The van der Waals surface area contributed by atoms with Crippen molar-refractivity contribution >= 4 is 34.9 Å². The van der Waals surface area contributed by atoms with E-state index in [1.165, 1.54) is 4.68 Å². The van der Waals surface area contributed by atoms with Crippen molar-refractivity contribution in [1.29, 1.82) is 0 Å². The number of nitrogen functional groups attached to an aromatic ring is 1. The lowest BCUT2D eigenvalue weighted by Gasteiger charge is -2.08. The van der Waals surface area contributed by atoms with Crippen molar-refractivity contribution in [3.63, 3.8) is 0 Å². The lowest BCUT2D eigenvalue weighted by atomic mass is 10.2. The first-order valence-corrected chi connectivity index (χ1v) is 7.03. The van der Waals surface area contributed by atoms with Crippen LogP contribution < -0.4 is 5.73 Å². The molecule has 0 aliphatic carbocycles. The van der Waals surface area contributed by atoms with Crippen LogP contribution in [0, 0.1) is 13.8 Å². The Bertz CT molecular complexity index is 683. The molecule has 0 aliphatic heterocycles. The zero-order valence-corrected chi connectivity index (χ0v) is 13.2. The van der Waals surface area contributed by atoms with Crippen molar-refractivity contribution in [2.45, 2.75) is 27.0 Å². The number of ether oxygens (including phenoxy) is 1. The molecule has 0 spiro atoms. The van der Waals surface area contributed by atoms with Crippen LogP contribution in [-0.2, 0) is 22.7 Å². The summed E-state index contributed by atoms with van der Waals surface area (Å²) in [4.78, 5) is 11.8. The van der Waals surface area contributed by atoms with E-state index in [4.69, 9.17) is 33.7 Å². The van der Waals surface area contributed by atoms with E-state index < -0.39 is 5.97 Å². The van der Waals surface area contributed by atoms with Gasteiger partial charge in [0.2, 0.25) is 0 Å². The number of esters is 1. The Morgan fingerprint density at radius 3 is 2.67 bits per heavy atom. The number of hydrogen-bond donors (Lipinski definition) is 1. The van der Waals surface area contributed by atoms with Crippen LogP contribution in [0.5, 0.6) is 0 Å². The molecule has 0 amide bonds. The lowest BCUT2D eigenvalue weighted by Crippen LogP contribution is -2.15. The van der Waals surface area contributed by atoms with Crippen LogP contribution in [0.2, 0.25) is 10.0 Å². The quantitative estimate of drug-likeness (QED) is 0.876. The summed E-state index contributed by atoms with van der Waals surface area (Å²) in [6.45, 7) is 3.69. The minimum absolute atomic E-state index is 0.00901. The highest BCUT2D eigenvalue weighted by atomic mass is 35.5. The molecule has 21 heavy (non-hydrogen) atoms. The molecule has 2 rings (SSSR count). The van der Waals surface area contributed by atoms with E-state index in [9.17, 15) is 4.79 Å². The summed E-state index contributed by atoms with van der Waals surface area (Å²) >= 11 is 11.8. The summed E-state index contributed by atoms with van der Waals surface area (Å²) in [6.07, 6.45) is 0. The van der Waals surface area contributed by atoms with Crippen molar-refractivity contribution in [1.82, 2.24) is 9.78 Å². The Hall–Kier alpha value is -1.72. The third-order valence-corrected chi connectivity index (χ3v) is 3.71. The van der Waals surface area contributed by atoms with Crippen LogP contribution in [0.4, 0.5) is 5.69 Å². The first-order chi connectivity index (χ1) is 9.88. The van der Waals surface area contributed by atoms with E-state index in [1.807, 2.05) is 0 Å². The highest BCUT2D eigenvalue weighted by Crippen LogP contribution is 2.21. The number of carbonyl (C=O) groups is 1. The molecule has 0 saturated heterocycles. The molecule has 0 bridgehead atoms. The molecule has 5 nitrogen and oxygen atoms in total. The van der Waals surface area contributed by atoms with E-state index >= 15 is 0 Å². The number of hydrogen-bond acceptors (Lipinski definition) is 4. The smallest absolute Gasteiger partial charge is 0.328 e. The molecule has 0 aliphatic rings. The summed E-state index contributed by atoms with van der Waals surface area (Å²) in [7, 11) is 0. The maximum absolute atomic E-state index is 11.8. The maximum atomic E-state index is 11.8. The van der Waals surface area contributed by atoms with Gasteiger partial charge < -0.3 is 10.5 Å². The van der Waals surface area contributed by atoms with Gasteiger partial charge in [-0.25, -0.2) is 0 Å². The van der Waals surface area contributed by atoms with Gasteiger partial charge in [-0.15, -0.1) is 0 Å². The minimum atomic E-state index is -0.411. The number of rotatable bonds is 4. The Morgan fingerprint density at radius 2 is 2.10 bits per heavy atom. The lowest BCUT2D eigenvalue weighted by molar-refractivity contribution is -0.145. The second-order valence-electron chi connectivity index (χ2n) is 4.64. The molecule has 1 aromatic heterocycles. The molecule has 2 aromatic rings. The van der Waals surface area contributed by atoms with Gasteiger partial charge in [0.25, 0.3) is 0 Å². The van der Waals surface area contributed by atoms with E-state index in [2.05, 4.69) is 5.10 Å². The summed E-state index contributed by atoms with van der Waals surface area (Å²) < 4.78 is 6.71. The van der Waals surface area contributed by atoms with E-state index in [0.29, 0.717) is 27.0 Å². The fourth-order valence-corrected chi connectivity index (χ4v) is 2.29. The fourth-order valence-electron chi connectivity index (χ4n) is 1.83. The van der Waals surface area contributed by atoms with Crippen LogP contribution in [-0.4, -0.2) is 15.7 Å². The average molecular weight is 328 g/mol. The van der Waals surface area contributed by atoms with Gasteiger partial charge >= 0.3 is 5.97 Å². The second kappa shape index (κ2) is 6.37. The number of anilines is 1. The topological polar surface area (TPSA) is 70.1 Å². The third-order valence-electron chi connectivity index (χ3n) is 3.12. The molecular weight excluding hydrogens is 313 g/mol. The molecule has 0 radical (unpaired) electrons. The summed E-state index contributed by atoms with van der Waals surface area (Å²) in [5.41, 5.74) is 8.54. The van der Waals surface area contributed by atoms with Gasteiger partial charge in [-0.2, -0.15) is 5.10 Å². The Morgan fingerprint density at radius 1 is 1.38 bits per heavy atom. The van der Waals surface area contributed by atoms with Crippen molar-refractivity contribution in [2.24, 2.45) is 0 Å².